The van der Waals surface area contributed by atoms with Crippen molar-refractivity contribution >= 4 is 28.6 Å². The van der Waals surface area contributed by atoms with Gasteiger partial charge in [-0.1, -0.05) is 0 Å². The number of hydrogen-bond acceptors (Lipinski definition) is 2. The fourth-order valence-electron chi connectivity index (χ4n) is 0.817. The molecule has 0 saturated carbocycles. The van der Waals surface area contributed by atoms with Gasteiger partial charge in [0.05, 0.1) is 5.56 Å². The fraction of sp³-hybridized carbons (Fsp3) is 0.143. The van der Waals surface area contributed by atoms with E-state index in [1.54, 1.807) is 0 Å². The largest absolute Gasteiger partial charge is 0.477 e. The zero-order valence-electron chi connectivity index (χ0n) is 6.47. The van der Waals surface area contributed by atoms with E-state index >= 15 is 0 Å². The Labute approximate surface area is 90.1 Å². The van der Waals surface area contributed by atoms with E-state index in [0.29, 0.717) is 6.20 Å². The van der Waals surface area contributed by atoms with Crippen LogP contribution < -0.4 is 0 Å². The molecule has 0 radical (unpaired) electrons. The Hall–Kier alpha value is -0.860. The van der Waals surface area contributed by atoms with Crippen LogP contribution in [0.2, 0.25) is 0 Å². The van der Waals surface area contributed by atoms with Gasteiger partial charge < -0.3 is 5.11 Å². The molecular weight excluding hydrogens is 314 g/mol. The lowest BCUT2D eigenvalue weighted by Gasteiger charge is -2.05. The molecule has 7 heteroatoms. The van der Waals surface area contributed by atoms with Crippen LogP contribution in [-0.4, -0.2) is 16.1 Å². The molecule has 0 spiro atoms. The average Bonchev–Trinajstić information content (AvgIpc) is 2.02. The quantitative estimate of drug-likeness (QED) is 0.673. The number of halogens is 4. The van der Waals surface area contributed by atoms with E-state index in [4.69, 9.17) is 5.11 Å². The predicted molar refractivity (Wildman–Crippen MR) is 48.8 cm³/mol. The number of carboxylic acid groups (broad SMARTS) is 1. The van der Waals surface area contributed by atoms with E-state index in [9.17, 15) is 18.0 Å². The SMILES string of the molecule is O=C(O)c1c(I)ncc(C(F)F)c1F. The first-order chi connectivity index (χ1) is 6.45. The van der Waals surface area contributed by atoms with Gasteiger partial charge in [-0.2, -0.15) is 0 Å². The molecule has 0 aromatic carbocycles. The Kier molecular flexibility index (Phi) is 3.29. The monoisotopic (exact) mass is 317 g/mol. The fourth-order valence-corrected chi connectivity index (χ4v) is 1.42. The van der Waals surface area contributed by atoms with Gasteiger partial charge in [0.2, 0.25) is 0 Å². The Bertz CT molecular complexity index is 383. The standard InChI is InChI=1S/C7H3F3INO2/c8-4-2(5(9)10)1-12-6(11)3(4)7(13)14/h1,5H,(H,13,14). The number of hydrogen-bond donors (Lipinski definition) is 1. The third-order valence-electron chi connectivity index (χ3n) is 1.45. The Morgan fingerprint density at radius 2 is 2.14 bits per heavy atom. The van der Waals surface area contributed by atoms with E-state index in [1.165, 1.54) is 22.6 Å². The number of rotatable bonds is 2. The first-order valence-electron chi connectivity index (χ1n) is 3.30. The molecule has 0 fully saturated rings. The van der Waals surface area contributed by atoms with E-state index in [0.717, 1.165) is 0 Å². The summed E-state index contributed by atoms with van der Waals surface area (Å²) >= 11 is 1.46. The number of nitrogens with zero attached hydrogens (tertiary/aromatic N) is 1. The van der Waals surface area contributed by atoms with Crippen molar-refractivity contribution in [2.45, 2.75) is 6.43 Å². The summed E-state index contributed by atoms with van der Waals surface area (Å²) in [6.07, 6.45) is -2.44. The maximum Gasteiger partial charge on any atom is 0.341 e. The summed E-state index contributed by atoms with van der Waals surface area (Å²) in [5.74, 6) is -3.03. The van der Waals surface area contributed by atoms with Crippen LogP contribution in [0.3, 0.4) is 0 Å². The Balaban J connectivity index is 3.41. The Morgan fingerprint density at radius 3 is 2.57 bits per heavy atom. The summed E-state index contributed by atoms with van der Waals surface area (Å²) in [6, 6.07) is 0. The minimum atomic E-state index is -3.07. The maximum absolute atomic E-state index is 13.1. The van der Waals surface area contributed by atoms with Crippen molar-refractivity contribution in [3.05, 3.63) is 26.8 Å². The molecule has 0 aliphatic heterocycles. The summed E-state index contributed by atoms with van der Waals surface area (Å²) < 4.78 is 37.2. The van der Waals surface area contributed by atoms with Crippen molar-refractivity contribution in [2.24, 2.45) is 0 Å². The van der Waals surface area contributed by atoms with Crippen LogP contribution in [0.15, 0.2) is 6.20 Å². The second-order valence-corrected chi connectivity index (χ2v) is 3.32. The van der Waals surface area contributed by atoms with Crippen LogP contribution >= 0.6 is 22.6 Å². The second-order valence-electron chi connectivity index (χ2n) is 2.30. The molecule has 76 valence electrons. The molecule has 1 aromatic heterocycles. The highest BCUT2D eigenvalue weighted by Gasteiger charge is 2.23. The molecule has 0 saturated heterocycles. The van der Waals surface area contributed by atoms with Crippen molar-refractivity contribution in [2.75, 3.05) is 0 Å². The maximum atomic E-state index is 13.1. The van der Waals surface area contributed by atoms with Gasteiger partial charge in [0.25, 0.3) is 6.43 Å². The molecule has 3 nitrogen and oxygen atoms in total. The second kappa shape index (κ2) is 4.11. The normalized spacial score (nSPS) is 10.6. The van der Waals surface area contributed by atoms with Crippen molar-refractivity contribution < 1.29 is 23.1 Å². The molecular formula is C7H3F3INO2. The summed E-state index contributed by atoms with van der Waals surface area (Å²) in [5.41, 5.74) is -1.81. The van der Waals surface area contributed by atoms with Crippen LogP contribution in [0.25, 0.3) is 0 Å². The lowest BCUT2D eigenvalue weighted by atomic mass is 10.2. The minimum absolute atomic E-state index is 0.156. The van der Waals surface area contributed by atoms with Gasteiger partial charge in [0.1, 0.15) is 9.26 Å². The molecule has 1 heterocycles. The van der Waals surface area contributed by atoms with Crippen molar-refractivity contribution in [3.8, 4) is 0 Å². The number of aromatic carboxylic acids is 1. The zero-order valence-corrected chi connectivity index (χ0v) is 8.63. The van der Waals surface area contributed by atoms with Gasteiger partial charge in [-0.15, -0.1) is 0 Å². The predicted octanol–water partition coefficient (Wildman–Crippen LogP) is 2.46. The lowest BCUT2D eigenvalue weighted by Crippen LogP contribution is -2.09. The third-order valence-corrected chi connectivity index (χ3v) is 2.26. The zero-order chi connectivity index (χ0) is 10.9. The molecule has 14 heavy (non-hydrogen) atoms. The molecule has 0 aliphatic carbocycles. The molecule has 0 bridgehead atoms. The minimum Gasteiger partial charge on any atom is -0.477 e. The highest BCUT2D eigenvalue weighted by molar-refractivity contribution is 14.1. The van der Waals surface area contributed by atoms with Crippen molar-refractivity contribution in [3.63, 3.8) is 0 Å². The Morgan fingerprint density at radius 1 is 1.57 bits per heavy atom. The van der Waals surface area contributed by atoms with Crippen LogP contribution in [0.5, 0.6) is 0 Å². The van der Waals surface area contributed by atoms with Gasteiger partial charge in [-0.05, 0) is 22.6 Å². The van der Waals surface area contributed by atoms with Crippen molar-refractivity contribution in [1.82, 2.24) is 4.98 Å². The number of carboxylic acids is 1. The van der Waals surface area contributed by atoms with Crippen LogP contribution in [0.4, 0.5) is 13.2 Å². The van der Waals surface area contributed by atoms with E-state index in [2.05, 4.69) is 4.98 Å². The van der Waals surface area contributed by atoms with E-state index in [-0.39, 0.29) is 3.70 Å². The first kappa shape index (κ1) is 11.2. The molecule has 1 aromatic rings. The third kappa shape index (κ3) is 1.97. The summed E-state index contributed by atoms with van der Waals surface area (Å²) in [4.78, 5) is 13.9. The van der Waals surface area contributed by atoms with Gasteiger partial charge in [0.15, 0.2) is 5.82 Å². The summed E-state index contributed by atoms with van der Waals surface area (Å²) in [5, 5.41) is 8.52. The average molecular weight is 317 g/mol. The van der Waals surface area contributed by atoms with Crippen LogP contribution in [-0.2, 0) is 0 Å². The number of alkyl halides is 2. The molecule has 0 amide bonds. The molecule has 0 unspecified atom stereocenters. The molecule has 1 N–H and O–H groups in total. The topological polar surface area (TPSA) is 50.2 Å². The number of pyridine rings is 1. The summed E-state index contributed by atoms with van der Waals surface area (Å²) in [6.45, 7) is 0. The highest BCUT2D eigenvalue weighted by Crippen LogP contribution is 2.25. The van der Waals surface area contributed by atoms with Crippen molar-refractivity contribution in [1.29, 1.82) is 0 Å². The van der Waals surface area contributed by atoms with Gasteiger partial charge in [0, 0.05) is 6.20 Å². The van der Waals surface area contributed by atoms with Crippen LogP contribution in [0.1, 0.15) is 22.3 Å². The summed E-state index contributed by atoms with van der Waals surface area (Å²) in [7, 11) is 0. The van der Waals surface area contributed by atoms with E-state index in [1.807, 2.05) is 0 Å². The van der Waals surface area contributed by atoms with E-state index < -0.39 is 29.3 Å². The smallest absolute Gasteiger partial charge is 0.341 e. The number of carbonyl (C=O) groups is 1. The van der Waals surface area contributed by atoms with Gasteiger partial charge in [-0.3, -0.25) is 0 Å². The highest BCUT2D eigenvalue weighted by atomic mass is 127. The van der Waals surface area contributed by atoms with Gasteiger partial charge >= 0.3 is 5.97 Å². The molecule has 0 atom stereocenters. The molecule has 0 aliphatic rings. The van der Waals surface area contributed by atoms with Gasteiger partial charge in [-0.25, -0.2) is 22.9 Å². The van der Waals surface area contributed by atoms with Crippen LogP contribution in [0, 0.1) is 9.52 Å². The molecule has 1 rings (SSSR count). The number of aromatic nitrogens is 1. The first-order valence-corrected chi connectivity index (χ1v) is 4.38. The lowest BCUT2D eigenvalue weighted by molar-refractivity contribution is 0.0688.